The van der Waals surface area contributed by atoms with Gasteiger partial charge >= 0.3 is 0 Å². The van der Waals surface area contributed by atoms with Crippen LogP contribution in [-0.4, -0.2) is 54.8 Å². The molecule has 0 radical (unpaired) electrons. The van der Waals surface area contributed by atoms with E-state index in [4.69, 9.17) is 21.3 Å². The van der Waals surface area contributed by atoms with E-state index in [0.717, 1.165) is 53.9 Å². The van der Waals surface area contributed by atoms with Gasteiger partial charge in [-0.3, -0.25) is 0 Å². The highest BCUT2D eigenvalue weighted by Crippen LogP contribution is 2.32. The summed E-state index contributed by atoms with van der Waals surface area (Å²) in [5.74, 6) is 2.24. The van der Waals surface area contributed by atoms with Crippen molar-refractivity contribution in [2.75, 3.05) is 25.0 Å². The Hall–Kier alpha value is -3.60. The third-order valence-electron chi connectivity index (χ3n) is 7.51. The molecule has 0 spiro atoms. The van der Waals surface area contributed by atoms with Gasteiger partial charge in [0.05, 0.1) is 10.6 Å². The number of hydrogen-bond donors (Lipinski definition) is 1. The average molecular weight is 588 g/mol. The Morgan fingerprint density at radius 1 is 1.05 bits per heavy atom. The lowest BCUT2D eigenvalue weighted by Crippen LogP contribution is -2.41. The van der Waals surface area contributed by atoms with E-state index >= 15 is 0 Å². The van der Waals surface area contributed by atoms with Gasteiger partial charge in [0.1, 0.15) is 25.2 Å². The smallest absolute Gasteiger partial charge is 0.243 e. The van der Waals surface area contributed by atoms with Crippen LogP contribution in [0.1, 0.15) is 31.4 Å². The van der Waals surface area contributed by atoms with Crippen molar-refractivity contribution < 1.29 is 13.2 Å². The summed E-state index contributed by atoms with van der Waals surface area (Å²) in [6.07, 6.45) is 9.53. The molecular formula is C30H31BClN5O3S. The number of ether oxygens (including phenoxy) is 1. The first-order valence-electron chi connectivity index (χ1n) is 13.9. The molecule has 8 nitrogen and oxygen atoms in total. The fourth-order valence-corrected chi connectivity index (χ4v) is 7.16. The zero-order valence-corrected chi connectivity index (χ0v) is 24.4. The number of anilines is 1. The number of sulfonamides is 1. The van der Waals surface area contributed by atoms with Gasteiger partial charge < -0.3 is 10.1 Å². The van der Waals surface area contributed by atoms with Crippen LogP contribution < -0.4 is 15.5 Å². The lowest BCUT2D eigenvalue weighted by molar-refractivity contribution is 0.275. The van der Waals surface area contributed by atoms with Gasteiger partial charge in [-0.1, -0.05) is 42.0 Å². The molecule has 11 heteroatoms. The van der Waals surface area contributed by atoms with E-state index in [2.05, 4.69) is 16.5 Å². The van der Waals surface area contributed by atoms with Gasteiger partial charge in [-0.2, -0.15) is 13.9 Å². The van der Waals surface area contributed by atoms with Crippen LogP contribution in [0.5, 0.6) is 11.5 Å². The van der Waals surface area contributed by atoms with Crippen molar-refractivity contribution in [3.8, 4) is 11.5 Å². The minimum absolute atomic E-state index is 0.139. The minimum Gasteiger partial charge on any atom is -0.457 e. The summed E-state index contributed by atoms with van der Waals surface area (Å²) in [4.78, 5) is 5.11. The molecule has 0 bridgehead atoms. The number of aromatic nitrogens is 3. The maximum Gasteiger partial charge on any atom is 0.243 e. The lowest BCUT2D eigenvalue weighted by atomic mass is 9.99. The number of halogens is 1. The fourth-order valence-electron chi connectivity index (χ4n) is 5.32. The van der Waals surface area contributed by atoms with Crippen LogP contribution in [0.15, 0.2) is 88.9 Å². The first-order valence-corrected chi connectivity index (χ1v) is 15.7. The molecule has 3 heterocycles. The standard InChI is InChI=1S/C30H31BClN5O3S/c31-26-19-34-37-29(17-28(35-30(26)37)25-10-4-5-11-27(25)32)33-18-21-7-6-16-36(20-21)41(38,39)24-14-12-23(13-15-24)40-22-8-2-1-3-9-22/h1-3,8-15,17,19,21,33H,4-7,16,18,20,31H2. The zero-order chi connectivity index (χ0) is 28.4. The minimum atomic E-state index is -3.63. The number of nitrogens with zero attached hydrogens (tertiary/aromatic N) is 4. The van der Waals surface area contributed by atoms with Crippen LogP contribution in [0.3, 0.4) is 0 Å². The number of nitrogens with one attached hydrogen (secondary N) is 1. The maximum atomic E-state index is 13.5. The summed E-state index contributed by atoms with van der Waals surface area (Å²) in [7, 11) is -1.65. The molecule has 1 saturated heterocycles. The monoisotopic (exact) mass is 587 g/mol. The van der Waals surface area contributed by atoms with Gasteiger partial charge in [-0.15, -0.1) is 0 Å². The van der Waals surface area contributed by atoms with Crippen LogP contribution in [0, 0.1) is 5.92 Å². The molecule has 1 fully saturated rings. The SMILES string of the molecule is Bc1cnn2c(NCC3CCCN(S(=O)(=O)c4ccc(Oc5ccccc5)cc4)C3)cc(C3=CCCC=C3Cl)nc12. The summed E-state index contributed by atoms with van der Waals surface area (Å²) in [6, 6.07) is 18.0. The van der Waals surface area contributed by atoms with Crippen LogP contribution in [0.2, 0.25) is 0 Å². The summed E-state index contributed by atoms with van der Waals surface area (Å²) in [5, 5.41) is 8.77. The van der Waals surface area contributed by atoms with Gasteiger partial charge in [-0.05, 0) is 73.5 Å². The van der Waals surface area contributed by atoms with E-state index < -0.39 is 10.0 Å². The van der Waals surface area contributed by atoms with E-state index in [9.17, 15) is 8.42 Å². The molecule has 0 amide bonds. The second-order valence-electron chi connectivity index (χ2n) is 10.5. The quantitative estimate of drug-likeness (QED) is 0.303. The Morgan fingerprint density at radius 3 is 2.59 bits per heavy atom. The van der Waals surface area contributed by atoms with Gasteiger partial charge in [0.15, 0.2) is 5.65 Å². The highest BCUT2D eigenvalue weighted by atomic mass is 35.5. The second kappa shape index (κ2) is 11.7. The number of para-hydroxylation sites is 1. The van der Waals surface area contributed by atoms with Crippen LogP contribution in [0.25, 0.3) is 11.2 Å². The number of hydrogen-bond acceptors (Lipinski definition) is 6. The molecular weight excluding hydrogens is 557 g/mol. The molecule has 6 rings (SSSR count). The molecule has 2 aromatic carbocycles. The van der Waals surface area contributed by atoms with Crippen molar-refractivity contribution in [3.63, 3.8) is 0 Å². The third kappa shape index (κ3) is 5.91. The molecule has 1 aliphatic heterocycles. The van der Waals surface area contributed by atoms with Crippen LogP contribution in [-0.2, 0) is 10.0 Å². The predicted molar refractivity (Wildman–Crippen MR) is 165 cm³/mol. The van der Waals surface area contributed by atoms with E-state index in [1.165, 1.54) is 0 Å². The van der Waals surface area contributed by atoms with Crippen molar-refractivity contribution >= 4 is 52.0 Å². The average Bonchev–Trinajstić information content (AvgIpc) is 3.37. The normalized spacial score (nSPS) is 18.1. The Balaban J connectivity index is 1.16. The Labute approximate surface area is 246 Å². The molecule has 210 valence electrons. The molecule has 41 heavy (non-hydrogen) atoms. The third-order valence-corrected chi connectivity index (χ3v) is 9.75. The summed E-state index contributed by atoms with van der Waals surface area (Å²) in [6.45, 7) is 1.55. The molecule has 1 atom stereocenters. The van der Waals surface area contributed by atoms with E-state index in [0.29, 0.717) is 36.2 Å². The highest BCUT2D eigenvalue weighted by molar-refractivity contribution is 7.89. The number of rotatable bonds is 8. The number of benzene rings is 2. The van der Waals surface area contributed by atoms with Gasteiger partial charge in [0, 0.05) is 42.5 Å². The van der Waals surface area contributed by atoms with E-state index in [1.54, 1.807) is 39.3 Å². The van der Waals surface area contributed by atoms with E-state index in [-0.39, 0.29) is 10.8 Å². The molecule has 2 aromatic heterocycles. The summed E-state index contributed by atoms with van der Waals surface area (Å²) >= 11 is 6.53. The molecule has 1 N–H and O–H groups in total. The topological polar surface area (TPSA) is 88.8 Å². The van der Waals surface area contributed by atoms with Gasteiger partial charge in [0.25, 0.3) is 0 Å². The van der Waals surface area contributed by atoms with Crippen molar-refractivity contribution in [3.05, 3.63) is 89.7 Å². The van der Waals surface area contributed by atoms with Crippen LogP contribution >= 0.6 is 11.6 Å². The Morgan fingerprint density at radius 2 is 1.80 bits per heavy atom. The second-order valence-corrected chi connectivity index (χ2v) is 12.8. The van der Waals surface area contributed by atoms with Gasteiger partial charge in [0.2, 0.25) is 10.0 Å². The van der Waals surface area contributed by atoms with Crippen molar-refractivity contribution in [1.82, 2.24) is 18.9 Å². The summed E-state index contributed by atoms with van der Waals surface area (Å²) < 4.78 is 36.3. The highest BCUT2D eigenvalue weighted by Gasteiger charge is 2.30. The Kier molecular flexibility index (Phi) is 7.88. The first kappa shape index (κ1) is 27.6. The molecule has 2 aliphatic rings. The number of piperidine rings is 1. The Bertz CT molecular complexity index is 1720. The van der Waals surface area contributed by atoms with Crippen molar-refractivity contribution in [2.24, 2.45) is 5.92 Å². The molecule has 4 aromatic rings. The number of fused-ring (bicyclic) bond motifs is 1. The van der Waals surface area contributed by atoms with Crippen molar-refractivity contribution in [2.45, 2.75) is 30.6 Å². The fraction of sp³-hybridized carbons (Fsp3) is 0.267. The summed E-state index contributed by atoms with van der Waals surface area (Å²) in [5.41, 5.74) is 3.48. The molecule has 1 aliphatic carbocycles. The zero-order valence-electron chi connectivity index (χ0n) is 22.8. The first-order chi connectivity index (χ1) is 19.9. The predicted octanol–water partition coefficient (Wildman–Crippen LogP) is 4.59. The molecule has 1 unspecified atom stereocenters. The maximum absolute atomic E-state index is 13.5. The largest absolute Gasteiger partial charge is 0.457 e. The van der Waals surface area contributed by atoms with Crippen molar-refractivity contribution in [1.29, 1.82) is 0 Å². The van der Waals surface area contributed by atoms with Gasteiger partial charge in [-0.25, -0.2) is 13.4 Å². The molecule has 0 saturated carbocycles. The van der Waals surface area contributed by atoms with E-state index in [1.807, 2.05) is 50.3 Å². The van der Waals surface area contributed by atoms with Crippen LogP contribution in [0.4, 0.5) is 5.82 Å². The number of allylic oxidation sites excluding steroid dienone is 4. The lowest BCUT2D eigenvalue weighted by Gasteiger charge is -2.32.